The lowest BCUT2D eigenvalue weighted by Crippen LogP contribution is -2.24. The highest BCUT2D eigenvalue weighted by Crippen LogP contribution is 2.28. The zero-order chi connectivity index (χ0) is 9.84. The van der Waals surface area contributed by atoms with Crippen LogP contribution in [0.4, 0.5) is 0 Å². The van der Waals surface area contributed by atoms with E-state index < -0.39 is 0 Å². The first-order chi connectivity index (χ1) is 6.27. The summed E-state index contributed by atoms with van der Waals surface area (Å²) in [5.74, 6) is 0. The number of carbonyl (C=O) groups is 1. The van der Waals surface area contributed by atoms with Gasteiger partial charge in [0, 0.05) is 6.04 Å². The number of fused-ring (bicyclic) bond motifs is 3. The van der Waals surface area contributed by atoms with Crippen molar-refractivity contribution in [2.75, 3.05) is 14.1 Å². The highest BCUT2D eigenvalue weighted by atomic mass is 16.1. The summed E-state index contributed by atoms with van der Waals surface area (Å²) >= 11 is 0. The first-order valence-corrected chi connectivity index (χ1v) is 4.31. The largest absolute Gasteiger partial charge is 0.307 e. The van der Waals surface area contributed by atoms with Crippen LogP contribution in [-0.2, 0) is 11.2 Å². The van der Waals surface area contributed by atoms with Gasteiger partial charge in [-0.1, -0.05) is 24.3 Å². The lowest BCUT2D eigenvalue weighted by Gasteiger charge is -2.28. The van der Waals surface area contributed by atoms with Crippen molar-refractivity contribution < 1.29 is 4.79 Å². The molecule has 2 aliphatic rings. The maximum absolute atomic E-state index is 8.00. The van der Waals surface area contributed by atoms with Crippen LogP contribution in [0.3, 0.4) is 0 Å². The molecule has 70 valence electrons. The van der Waals surface area contributed by atoms with Gasteiger partial charge in [-0.2, -0.15) is 0 Å². The standard InChI is InChI=1S/C10H13N.CH2O/c1-11(2)10-7-8-3-5-9(10)6-4-8;1-2/h3-6,10H,7H2,1-2H3;1H2. The van der Waals surface area contributed by atoms with E-state index in [2.05, 4.69) is 43.3 Å². The van der Waals surface area contributed by atoms with Crippen molar-refractivity contribution in [2.24, 2.45) is 0 Å². The summed E-state index contributed by atoms with van der Waals surface area (Å²) in [4.78, 5) is 10.3. The molecular formula is C11H15NO. The summed E-state index contributed by atoms with van der Waals surface area (Å²) < 4.78 is 0. The van der Waals surface area contributed by atoms with E-state index in [0.717, 1.165) is 0 Å². The maximum atomic E-state index is 8.00. The Labute approximate surface area is 79.2 Å². The number of hydrogen-bond acceptors (Lipinski definition) is 2. The molecule has 0 heterocycles. The molecule has 13 heavy (non-hydrogen) atoms. The first-order valence-electron chi connectivity index (χ1n) is 4.31. The number of benzene rings is 1. The van der Waals surface area contributed by atoms with Crippen molar-refractivity contribution in [3.05, 3.63) is 35.4 Å². The van der Waals surface area contributed by atoms with Crippen LogP contribution in [0.15, 0.2) is 24.3 Å². The number of rotatable bonds is 1. The number of likely N-dealkylation sites (N-methyl/N-ethyl adjacent to an activating group) is 1. The molecule has 0 aliphatic heterocycles. The van der Waals surface area contributed by atoms with Crippen molar-refractivity contribution >= 4 is 6.79 Å². The van der Waals surface area contributed by atoms with Crippen LogP contribution in [0.5, 0.6) is 0 Å². The quantitative estimate of drug-likeness (QED) is 0.650. The van der Waals surface area contributed by atoms with Crippen LogP contribution in [0.1, 0.15) is 17.2 Å². The van der Waals surface area contributed by atoms with Gasteiger partial charge in [0.05, 0.1) is 0 Å². The van der Waals surface area contributed by atoms with E-state index >= 15 is 0 Å². The van der Waals surface area contributed by atoms with Gasteiger partial charge >= 0.3 is 0 Å². The Bertz CT molecular complexity index is 266. The van der Waals surface area contributed by atoms with Crippen molar-refractivity contribution in [3.8, 4) is 0 Å². The molecule has 0 radical (unpaired) electrons. The molecule has 0 spiro atoms. The zero-order valence-corrected chi connectivity index (χ0v) is 8.16. The molecule has 2 aliphatic carbocycles. The second-order valence-corrected chi connectivity index (χ2v) is 3.43. The van der Waals surface area contributed by atoms with Gasteiger partial charge in [-0.3, -0.25) is 0 Å². The van der Waals surface area contributed by atoms with Gasteiger partial charge in [-0.05, 0) is 31.6 Å². The van der Waals surface area contributed by atoms with Crippen LogP contribution >= 0.6 is 0 Å². The Hall–Kier alpha value is -1.15. The Balaban J connectivity index is 0.000000396. The first kappa shape index (κ1) is 9.93. The van der Waals surface area contributed by atoms with Crippen LogP contribution in [0.2, 0.25) is 0 Å². The van der Waals surface area contributed by atoms with Crippen molar-refractivity contribution in [3.63, 3.8) is 0 Å². The third-order valence-electron chi connectivity index (χ3n) is 2.42. The Kier molecular flexibility index (Phi) is 3.20. The lowest BCUT2D eigenvalue weighted by atomic mass is 9.91. The van der Waals surface area contributed by atoms with E-state index in [9.17, 15) is 0 Å². The molecule has 0 fully saturated rings. The molecule has 0 amide bonds. The van der Waals surface area contributed by atoms with E-state index in [1.807, 2.05) is 6.79 Å². The molecule has 0 saturated heterocycles. The molecule has 2 nitrogen and oxygen atoms in total. The van der Waals surface area contributed by atoms with Crippen LogP contribution in [0.25, 0.3) is 0 Å². The minimum absolute atomic E-state index is 0.625. The molecule has 0 aromatic heterocycles. The summed E-state index contributed by atoms with van der Waals surface area (Å²) in [5.41, 5.74) is 2.91. The van der Waals surface area contributed by atoms with E-state index in [-0.39, 0.29) is 0 Å². The van der Waals surface area contributed by atoms with Gasteiger partial charge in [0.15, 0.2) is 0 Å². The highest BCUT2D eigenvalue weighted by Gasteiger charge is 2.18. The third-order valence-corrected chi connectivity index (χ3v) is 2.42. The fourth-order valence-electron chi connectivity index (χ4n) is 1.70. The fraction of sp³-hybridized carbons (Fsp3) is 0.364. The molecule has 1 atom stereocenters. The predicted molar refractivity (Wildman–Crippen MR) is 53.7 cm³/mol. The average Bonchev–Trinajstić information content (AvgIpc) is 2.22. The van der Waals surface area contributed by atoms with E-state index in [0.29, 0.717) is 6.04 Å². The van der Waals surface area contributed by atoms with Crippen molar-refractivity contribution in [2.45, 2.75) is 12.5 Å². The zero-order valence-electron chi connectivity index (χ0n) is 8.16. The number of carbonyl (C=O) groups excluding carboxylic acids is 1. The molecular weight excluding hydrogens is 162 g/mol. The number of hydrogen-bond donors (Lipinski definition) is 0. The van der Waals surface area contributed by atoms with Crippen molar-refractivity contribution in [1.29, 1.82) is 0 Å². The second-order valence-electron chi connectivity index (χ2n) is 3.43. The van der Waals surface area contributed by atoms with Gasteiger partial charge in [0.1, 0.15) is 6.79 Å². The Morgan fingerprint density at radius 1 is 1.23 bits per heavy atom. The maximum Gasteiger partial charge on any atom is 0.106 e. The molecule has 2 heteroatoms. The van der Waals surface area contributed by atoms with E-state index in [1.165, 1.54) is 17.5 Å². The van der Waals surface area contributed by atoms with Crippen molar-refractivity contribution in [1.82, 2.24) is 4.90 Å². The normalized spacial score (nSPS) is 18.2. The Morgan fingerprint density at radius 2 is 1.77 bits per heavy atom. The lowest BCUT2D eigenvalue weighted by molar-refractivity contribution is -0.0979. The summed E-state index contributed by atoms with van der Waals surface area (Å²) in [6.45, 7) is 2.00. The van der Waals surface area contributed by atoms with E-state index in [1.54, 1.807) is 0 Å². The summed E-state index contributed by atoms with van der Waals surface area (Å²) in [7, 11) is 4.28. The molecule has 1 aromatic carbocycles. The smallest absolute Gasteiger partial charge is 0.106 e. The van der Waals surface area contributed by atoms with Gasteiger partial charge < -0.3 is 9.69 Å². The minimum atomic E-state index is 0.625. The Morgan fingerprint density at radius 3 is 2.00 bits per heavy atom. The van der Waals surface area contributed by atoms with Crippen LogP contribution in [0, 0.1) is 0 Å². The summed E-state index contributed by atoms with van der Waals surface area (Å²) in [6, 6.07) is 9.51. The van der Waals surface area contributed by atoms with Crippen LogP contribution in [-0.4, -0.2) is 25.8 Å². The SMILES string of the molecule is C=O.CN(C)C1Cc2ccc1cc2. The van der Waals surface area contributed by atoms with Gasteiger partial charge in [-0.15, -0.1) is 0 Å². The molecule has 1 aromatic rings. The van der Waals surface area contributed by atoms with Gasteiger partial charge in [0.2, 0.25) is 0 Å². The fourth-order valence-corrected chi connectivity index (χ4v) is 1.70. The van der Waals surface area contributed by atoms with Crippen LogP contribution < -0.4 is 0 Å². The minimum Gasteiger partial charge on any atom is -0.307 e. The highest BCUT2D eigenvalue weighted by molar-refractivity contribution is 5.32. The predicted octanol–water partition coefficient (Wildman–Crippen LogP) is 1.66. The summed E-state index contributed by atoms with van der Waals surface area (Å²) in [5, 5.41) is 0. The molecule has 2 bridgehead atoms. The number of nitrogens with zero attached hydrogens (tertiary/aromatic N) is 1. The molecule has 0 N–H and O–H groups in total. The topological polar surface area (TPSA) is 20.3 Å². The van der Waals surface area contributed by atoms with Gasteiger partial charge in [-0.25, -0.2) is 0 Å². The second kappa shape index (κ2) is 4.19. The van der Waals surface area contributed by atoms with Gasteiger partial charge in [0.25, 0.3) is 0 Å². The molecule has 3 rings (SSSR count). The third kappa shape index (κ3) is 1.95. The molecule has 0 saturated carbocycles. The molecule has 1 unspecified atom stereocenters. The van der Waals surface area contributed by atoms with E-state index in [4.69, 9.17) is 4.79 Å². The average molecular weight is 177 g/mol. The monoisotopic (exact) mass is 177 g/mol. The summed E-state index contributed by atoms with van der Waals surface area (Å²) in [6.07, 6.45) is 1.19.